The average Bonchev–Trinajstić information content (AvgIpc) is 3.37. The minimum atomic E-state index is -1.41. The minimum absolute atomic E-state index is 0. The summed E-state index contributed by atoms with van der Waals surface area (Å²) in [4.78, 5) is 42.0. The first-order valence-corrected chi connectivity index (χ1v) is 12.1. The van der Waals surface area contributed by atoms with E-state index >= 15 is 0 Å². The maximum Gasteiger partial charge on any atom is 1.00 e. The number of nitrogens with zero attached hydrogens (tertiary/aromatic N) is 5. The van der Waals surface area contributed by atoms with Crippen molar-refractivity contribution in [2.24, 2.45) is 0 Å². The molecule has 2 aromatic heterocycles. The molecule has 0 spiro atoms. The number of nitrogens with one attached hydrogen (secondary N) is 1. The molecule has 32 heavy (non-hydrogen) atoms. The summed E-state index contributed by atoms with van der Waals surface area (Å²) < 4.78 is 5.69. The van der Waals surface area contributed by atoms with Crippen molar-refractivity contribution in [3.63, 3.8) is 0 Å². The van der Waals surface area contributed by atoms with Crippen LogP contribution in [0.15, 0.2) is 20.1 Å². The topological polar surface area (TPSA) is 154 Å². The zero-order chi connectivity index (χ0) is 22.1. The summed E-state index contributed by atoms with van der Waals surface area (Å²) >= 11 is 4.18. The fourth-order valence-electron chi connectivity index (χ4n) is 3.14. The Kier molecular flexibility index (Phi) is 8.38. The molecule has 2 aromatic rings. The molecule has 1 saturated heterocycles. The summed E-state index contributed by atoms with van der Waals surface area (Å²) in [6, 6.07) is -0.815. The average molecular weight is 505 g/mol. The second-order valence-corrected chi connectivity index (χ2v) is 10.2. The Morgan fingerprint density at radius 1 is 1.38 bits per heavy atom. The predicted molar refractivity (Wildman–Crippen MR) is 110 cm³/mol. The van der Waals surface area contributed by atoms with Gasteiger partial charge in [-0.05, 0) is 12.5 Å². The van der Waals surface area contributed by atoms with Crippen LogP contribution in [0, 0.1) is 6.92 Å². The van der Waals surface area contributed by atoms with Crippen molar-refractivity contribution < 1.29 is 53.6 Å². The largest absolute Gasteiger partial charge is 1.00 e. The van der Waals surface area contributed by atoms with Crippen molar-refractivity contribution in [2.75, 3.05) is 11.5 Å². The molecular formula is C17H17N6NaO5S3. The van der Waals surface area contributed by atoms with Gasteiger partial charge in [-0.15, -0.1) is 22.0 Å². The van der Waals surface area contributed by atoms with Gasteiger partial charge in [-0.3, -0.25) is 14.5 Å². The van der Waals surface area contributed by atoms with Crippen LogP contribution in [-0.2, 0) is 27.2 Å². The number of thioether (sulfide) groups is 2. The molecule has 11 nitrogen and oxygen atoms in total. The summed E-state index contributed by atoms with van der Waals surface area (Å²) in [5.41, 5.74) is 0.454. The number of hydrogen-bond acceptors (Lipinski definition) is 12. The van der Waals surface area contributed by atoms with E-state index in [1.165, 1.54) is 39.8 Å². The number of carbonyl (C=O) groups excluding carboxylic acids is 3. The Balaban J connectivity index is 0.00000289. The van der Waals surface area contributed by atoms with Gasteiger partial charge in [0.25, 0.3) is 5.91 Å². The van der Waals surface area contributed by atoms with Crippen molar-refractivity contribution in [2.45, 2.75) is 42.4 Å². The third-order valence-electron chi connectivity index (χ3n) is 4.57. The van der Waals surface area contributed by atoms with Crippen molar-refractivity contribution in [1.29, 1.82) is 0 Å². The van der Waals surface area contributed by atoms with E-state index in [4.69, 9.17) is 4.52 Å². The Morgan fingerprint density at radius 3 is 2.78 bits per heavy atom. The van der Waals surface area contributed by atoms with E-state index in [2.05, 4.69) is 25.7 Å². The van der Waals surface area contributed by atoms with E-state index in [1.54, 1.807) is 0 Å². The molecule has 1 unspecified atom stereocenters. The SMILES string of the molecule is CCc1nc(CC(=O)NC2C(=O)N3C(C(=O)[O-])=C(CSc4nnc(C)s4)CS[C@@H]23)no1.[Na+]. The van der Waals surface area contributed by atoms with E-state index in [0.29, 0.717) is 29.4 Å². The second kappa shape index (κ2) is 10.7. The van der Waals surface area contributed by atoms with Crippen LogP contribution in [0.4, 0.5) is 0 Å². The molecule has 2 aliphatic rings. The van der Waals surface area contributed by atoms with E-state index in [9.17, 15) is 19.5 Å². The number of carboxylic acid groups (broad SMARTS) is 1. The van der Waals surface area contributed by atoms with Gasteiger partial charge in [0.2, 0.25) is 11.8 Å². The van der Waals surface area contributed by atoms with Gasteiger partial charge in [0, 0.05) is 17.9 Å². The summed E-state index contributed by atoms with van der Waals surface area (Å²) in [5, 5.41) is 26.4. The molecule has 2 aliphatic heterocycles. The van der Waals surface area contributed by atoms with Gasteiger partial charge in [0.1, 0.15) is 16.4 Å². The van der Waals surface area contributed by atoms with Crippen molar-refractivity contribution in [3.05, 3.63) is 28.0 Å². The Hall–Kier alpha value is -1.45. The zero-order valence-corrected chi connectivity index (χ0v) is 21.9. The molecule has 15 heteroatoms. The van der Waals surface area contributed by atoms with Gasteiger partial charge in [-0.1, -0.05) is 35.2 Å². The number of β-lactam (4-membered cyclic amide) rings is 1. The molecule has 164 valence electrons. The van der Waals surface area contributed by atoms with Crippen LogP contribution in [0.3, 0.4) is 0 Å². The molecular weight excluding hydrogens is 487 g/mol. The first-order valence-electron chi connectivity index (χ1n) is 9.29. The molecule has 4 heterocycles. The normalized spacial score (nSPS) is 19.8. The van der Waals surface area contributed by atoms with Crippen LogP contribution in [0.5, 0.6) is 0 Å². The van der Waals surface area contributed by atoms with Gasteiger partial charge >= 0.3 is 29.6 Å². The number of rotatable bonds is 8. The molecule has 0 radical (unpaired) electrons. The third kappa shape index (κ3) is 5.20. The Bertz CT molecular complexity index is 1070. The van der Waals surface area contributed by atoms with Crippen LogP contribution in [0.2, 0.25) is 0 Å². The monoisotopic (exact) mass is 504 g/mol. The van der Waals surface area contributed by atoms with E-state index in [-0.39, 0.29) is 47.5 Å². The maximum absolute atomic E-state index is 12.7. The van der Waals surface area contributed by atoms with Crippen LogP contribution in [0.1, 0.15) is 23.6 Å². The molecule has 0 bridgehead atoms. The third-order valence-corrected chi connectivity index (χ3v) is 7.96. The Morgan fingerprint density at radius 2 is 2.16 bits per heavy atom. The van der Waals surface area contributed by atoms with Crippen molar-refractivity contribution >= 4 is 52.6 Å². The van der Waals surface area contributed by atoms with E-state index in [0.717, 1.165) is 9.35 Å². The van der Waals surface area contributed by atoms with Crippen molar-refractivity contribution in [1.82, 2.24) is 30.6 Å². The second-order valence-electron chi connectivity index (χ2n) is 6.70. The van der Waals surface area contributed by atoms with Gasteiger partial charge in [-0.2, -0.15) is 4.98 Å². The molecule has 4 rings (SSSR count). The molecule has 1 fully saturated rings. The van der Waals surface area contributed by atoms with E-state index in [1.807, 2.05) is 13.8 Å². The Labute approximate surface area is 217 Å². The quantitative estimate of drug-likeness (QED) is 0.217. The van der Waals surface area contributed by atoms with Gasteiger partial charge in [0.05, 0.1) is 18.1 Å². The van der Waals surface area contributed by atoms with Crippen LogP contribution in [-0.4, -0.2) is 65.9 Å². The molecule has 2 amide bonds. The fraction of sp³-hybridized carbons (Fsp3) is 0.471. The summed E-state index contributed by atoms with van der Waals surface area (Å²) in [6.45, 7) is 3.69. The number of hydrogen-bond donors (Lipinski definition) is 1. The first kappa shape index (κ1) is 25.2. The maximum atomic E-state index is 12.7. The number of carbonyl (C=O) groups is 3. The zero-order valence-electron chi connectivity index (χ0n) is 17.5. The van der Waals surface area contributed by atoms with Crippen LogP contribution in [0.25, 0.3) is 0 Å². The van der Waals surface area contributed by atoms with Crippen molar-refractivity contribution in [3.8, 4) is 0 Å². The summed E-state index contributed by atoms with van der Waals surface area (Å²) in [5.74, 6) is -0.915. The number of amides is 2. The van der Waals surface area contributed by atoms with Gasteiger partial charge in [-0.25, -0.2) is 0 Å². The molecule has 2 atom stereocenters. The van der Waals surface area contributed by atoms with Gasteiger partial charge < -0.3 is 19.7 Å². The van der Waals surface area contributed by atoms with Crippen LogP contribution >= 0.6 is 34.9 Å². The first-order chi connectivity index (χ1) is 14.9. The summed E-state index contributed by atoms with van der Waals surface area (Å²) in [6.07, 6.45) is 0.429. The number of fused-ring (bicyclic) bond motifs is 1. The number of aryl methyl sites for hydroxylation is 2. The minimum Gasteiger partial charge on any atom is -0.543 e. The summed E-state index contributed by atoms with van der Waals surface area (Å²) in [7, 11) is 0. The number of aliphatic carboxylic acids is 1. The predicted octanol–water partition coefficient (Wildman–Crippen LogP) is -3.47. The molecule has 0 aliphatic carbocycles. The van der Waals surface area contributed by atoms with Crippen LogP contribution < -0.4 is 40.0 Å². The molecule has 0 saturated carbocycles. The molecule has 1 N–H and O–H groups in total. The standard InChI is InChI=1S/C17H18N6O5S3.Na/c1-3-11-18-9(22-28-11)4-10(24)19-12-14(25)23-13(16(26)27)8(5-29-15(12)23)6-30-17-21-20-7(2)31-17;/h12,15H,3-6H2,1-2H3,(H,19,24)(H,26,27);/q;+1/p-1/t12?,15-;/m0./s1. The smallest absolute Gasteiger partial charge is 0.543 e. The van der Waals surface area contributed by atoms with Gasteiger partial charge in [0.15, 0.2) is 10.2 Å². The number of aromatic nitrogens is 4. The number of carboxylic acids is 1. The molecule has 0 aromatic carbocycles. The fourth-order valence-corrected chi connectivity index (χ4v) is 6.44. The van der Waals surface area contributed by atoms with E-state index < -0.39 is 29.2 Å².